The zero-order valence-corrected chi connectivity index (χ0v) is 13.2. The van der Waals surface area contributed by atoms with Crippen LogP contribution in [0.5, 0.6) is 0 Å². The number of hydrogen-bond donors (Lipinski definition) is 1. The predicted octanol–water partition coefficient (Wildman–Crippen LogP) is 3.36. The lowest BCUT2D eigenvalue weighted by molar-refractivity contribution is 0.463. The summed E-state index contributed by atoms with van der Waals surface area (Å²) in [6.07, 6.45) is 6.32. The minimum Gasteiger partial charge on any atom is -0.432 e. The molecule has 0 aromatic carbocycles. The summed E-state index contributed by atoms with van der Waals surface area (Å²) in [5.41, 5.74) is 2.79. The number of rotatable bonds is 5. The lowest BCUT2D eigenvalue weighted by Crippen LogP contribution is -2.31. The van der Waals surface area contributed by atoms with Crippen molar-refractivity contribution in [2.24, 2.45) is 5.41 Å². The van der Waals surface area contributed by atoms with Crippen LogP contribution in [0.25, 0.3) is 0 Å². The summed E-state index contributed by atoms with van der Waals surface area (Å²) >= 11 is 0. The number of hydrogen-bond acceptors (Lipinski definition) is 4. The van der Waals surface area contributed by atoms with Gasteiger partial charge in [-0.2, -0.15) is 4.98 Å². The standard InChI is InChI=1S/C16H27N3O/c1-5-8-17-11-14-12-20-15(18-14)19-9-6-13(7-10-19)16(2,3)4/h6,12,17H,5,7-11H2,1-4H3. The van der Waals surface area contributed by atoms with Crippen LogP contribution in [-0.4, -0.2) is 24.6 Å². The normalized spacial score (nSPS) is 16.4. The molecule has 20 heavy (non-hydrogen) atoms. The van der Waals surface area contributed by atoms with Crippen LogP contribution in [0.1, 0.15) is 46.2 Å². The first-order valence-electron chi connectivity index (χ1n) is 7.60. The molecule has 0 radical (unpaired) electrons. The fourth-order valence-corrected chi connectivity index (χ4v) is 2.44. The fraction of sp³-hybridized carbons (Fsp3) is 0.688. The van der Waals surface area contributed by atoms with E-state index in [2.05, 4.69) is 49.0 Å². The van der Waals surface area contributed by atoms with E-state index in [4.69, 9.17) is 4.42 Å². The topological polar surface area (TPSA) is 41.3 Å². The third kappa shape index (κ3) is 3.85. The van der Waals surface area contributed by atoms with Gasteiger partial charge in [-0.25, -0.2) is 0 Å². The van der Waals surface area contributed by atoms with E-state index in [0.29, 0.717) is 0 Å². The van der Waals surface area contributed by atoms with Gasteiger partial charge in [-0.1, -0.05) is 39.3 Å². The number of nitrogens with zero attached hydrogens (tertiary/aromatic N) is 2. The molecule has 112 valence electrons. The third-order valence-electron chi connectivity index (χ3n) is 3.72. The minimum atomic E-state index is 0.276. The van der Waals surface area contributed by atoms with Gasteiger partial charge in [0.15, 0.2) is 0 Å². The largest absolute Gasteiger partial charge is 0.432 e. The first-order chi connectivity index (χ1) is 9.50. The van der Waals surface area contributed by atoms with Crippen molar-refractivity contribution < 1.29 is 4.42 Å². The number of anilines is 1. The van der Waals surface area contributed by atoms with Crippen molar-refractivity contribution in [3.05, 3.63) is 23.6 Å². The SMILES string of the molecule is CCCNCc1coc(N2CC=C(C(C)(C)C)CC2)n1. The second kappa shape index (κ2) is 6.44. The zero-order valence-electron chi connectivity index (χ0n) is 13.2. The molecule has 4 nitrogen and oxygen atoms in total. The molecular formula is C16H27N3O. The van der Waals surface area contributed by atoms with Crippen molar-refractivity contribution in [2.45, 2.75) is 47.1 Å². The average molecular weight is 277 g/mol. The minimum absolute atomic E-state index is 0.276. The van der Waals surface area contributed by atoms with Gasteiger partial charge >= 0.3 is 0 Å². The van der Waals surface area contributed by atoms with Gasteiger partial charge in [0.2, 0.25) is 0 Å². The Morgan fingerprint density at radius 3 is 2.80 bits per heavy atom. The van der Waals surface area contributed by atoms with Crippen molar-refractivity contribution in [3.8, 4) is 0 Å². The summed E-state index contributed by atoms with van der Waals surface area (Å²) in [4.78, 5) is 6.77. The lowest BCUT2D eigenvalue weighted by Gasteiger charge is -2.31. The highest BCUT2D eigenvalue weighted by Gasteiger charge is 2.23. The van der Waals surface area contributed by atoms with E-state index in [1.807, 2.05) is 0 Å². The van der Waals surface area contributed by atoms with E-state index in [1.165, 1.54) is 5.57 Å². The molecule has 4 heteroatoms. The van der Waals surface area contributed by atoms with Crippen LogP contribution in [0.15, 0.2) is 22.3 Å². The van der Waals surface area contributed by atoms with Crippen LogP contribution in [0.3, 0.4) is 0 Å². The molecule has 0 amide bonds. The molecule has 0 atom stereocenters. The van der Waals surface area contributed by atoms with Gasteiger partial charge in [0.25, 0.3) is 6.01 Å². The first kappa shape index (κ1) is 15.1. The Hall–Kier alpha value is -1.29. The summed E-state index contributed by atoms with van der Waals surface area (Å²) in [6.45, 7) is 12.7. The van der Waals surface area contributed by atoms with Crippen LogP contribution >= 0.6 is 0 Å². The Balaban J connectivity index is 1.92. The molecule has 1 aromatic heterocycles. The average Bonchev–Trinajstić information content (AvgIpc) is 2.87. The second-order valence-corrected chi connectivity index (χ2v) is 6.47. The summed E-state index contributed by atoms with van der Waals surface area (Å²) in [5.74, 6) is 0. The Labute approximate surface area is 122 Å². The molecule has 0 saturated carbocycles. The van der Waals surface area contributed by atoms with Crippen LogP contribution in [-0.2, 0) is 6.54 Å². The Morgan fingerprint density at radius 2 is 2.20 bits per heavy atom. The van der Waals surface area contributed by atoms with Crippen molar-refractivity contribution in [2.75, 3.05) is 24.5 Å². The molecule has 0 aliphatic carbocycles. The zero-order chi connectivity index (χ0) is 14.6. The van der Waals surface area contributed by atoms with E-state index in [0.717, 1.165) is 50.7 Å². The maximum atomic E-state index is 5.60. The molecule has 1 aromatic rings. The van der Waals surface area contributed by atoms with Gasteiger partial charge < -0.3 is 14.6 Å². The highest BCUT2D eigenvalue weighted by atomic mass is 16.4. The molecule has 0 bridgehead atoms. The molecule has 0 fully saturated rings. The van der Waals surface area contributed by atoms with E-state index in [1.54, 1.807) is 6.26 Å². The molecule has 1 aliphatic heterocycles. The Bertz CT molecular complexity index is 457. The highest BCUT2D eigenvalue weighted by Crippen LogP contribution is 2.31. The summed E-state index contributed by atoms with van der Waals surface area (Å²) < 4.78 is 5.60. The monoisotopic (exact) mass is 277 g/mol. The third-order valence-corrected chi connectivity index (χ3v) is 3.72. The van der Waals surface area contributed by atoms with Crippen molar-refractivity contribution >= 4 is 6.01 Å². The molecule has 1 aliphatic rings. The first-order valence-corrected chi connectivity index (χ1v) is 7.60. The number of oxazole rings is 1. The molecule has 0 spiro atoms. The fourth-order valence-electron chi connectivity index (χ4n) is 2.44. The van der Waals surface area contributed by atoms with Gasteiger partial charge in [-0.3, -0.25) is 0 Å². The summed E-state index contributed by atoms with van der Waals surface area (Å²) in [7, 11) is 0. The number of nitrogens with one attached hydrogen (secondary N) is 1. The van der Waals surface area contributed by atoms with Crippen LogP contribution in [0.4, 0.5) is 6.01 Å². The van der Waals surface area contributed by atoms with E-state index in [9.17, 15) is 0 Å². The van der Waals surface area contributed by atoms with Crippen LogP contribution in [0, 0.1) is 5.41 Å². The molecule has 0 saturated heterocycles. The van der Waals surface area contributed by atoms with Crippen LogP contribution < -0.4 is 10.2 Å². The second-order valence-electron chi connectivity index (χ2n) is 6.47. The van der Waals surface area contributed by atoms with Crippen molar-refractivity contribution in [1.29, 1.82) is 0 Å². The maximum Gasteiger partial charge on any atom is 0.297 e. The Kier molecular flexibility index (Phi) is 4.86. The predicted molar refractivity (Wildman–Crippen MR) is 82.9 cm³/mol. The summed E-state index contributed by atoms with van der Waals surface area (Å²) in [6, 6.07) is 0.752. The highest BCUT2D eigenvalue weighted by molar-refractivity contribution is 5.33. The molecule has 1 N–H and O–H groups in total. The molecular weight excluding hydrogens is 250 g/mol. The smallest absolute Gasteiger partial charge is 0.297 e. The van der Waals surface area contributed by atoms with E-state index >= 15 is 0 Å². The van der Waals surface area contributed by atoms with E-state index in [-0.39, 0.29) is 5.41 Å². The van der Waals surface area contributed by atoms with Gasteiger partial charge in [-0.05, 0) is 24.8 Å². The molecule has 2 heterocycles. The van der Waals surface area contributed by atoms with Crippen molar-refractivity contribution in [1.82, 2.24) is 10.3 Å². The molecule has 0 unspecified atom stereocenters. The molecule has 2 rings (SSSR count). The van der Waals surface area contributed by atoms with Crippen molar-refractivity contribution in [3.63, 3.8) is 0 Å². The lowest BCUT2D eigenvalue weighted by atomic mass is 9.83. The maximum absolute atomic E-state index is 5.60. The van der Waals surface area contributed by atoms with E-state index < -0.39 is 0 Å². The van der Waals surface area contributed by atoms with Gasteiger partial charge in [0.1, 0.15) is 6.26 Å². The quantitative estimate of drug-likeness (QED) is 0.662. The van der Waals surface area contributed by atoms with Gasteiger partial charge in [-0.15, -0.1) is 0 Å². The van der Waals surface area contributed by atoms with Gasteiger partial charge in [0.05, 0.1) is 5.69 Å². The summed E-state index contributed by atoms with van der Waals surface area (Å²) in [5, 5.41) is 3.34. The van der Waals surface area contributed by atoms with Crippen LogP contribution in [0.2, 0.25) is 0 Å². The number of aromatic nitrogens is 1. The Morgan fingerprint density at radius 1 is 1.40 bits per heavy atom. The van der Waals surface area contributed by atoms with Gasteiger partial charge in [0, 0.05) is 19.6 Å².